The van der Waals surface area contributed by atoms with Crippen LogP contribution in [0.1, 0.15) is 29.5 Å². The molecule has 6 heteroatoms. The highest BCUT2D eigenvalue weighted by atomic mass is 16.5. The van der Waals surface area contributed by atoms with Gasteiger partial charge < -0.3 is 9.63 Å². The molecule has 0 saturated heterocycles. The molecule has 170 valence electrons. The van der Waals surface area contributed by atoms with E-state index in [0.29, 0.717) is 17.8 Å². The lowest BCUT2D eigenvalue weighted by atomic mass is 9.79. The van der Waals surface area contributed by atoms with E-state index in [1.54, 1.807) is 0 Å². The molecule has 1 aliphatic heterocycles. The molecular weight excluding hydrogens is 426 g/mol. The Labute approximate surface area is 197 Å². The number of benzene rings is 3. The molecule has 3 aromatic carbocycles. The summed E-state index contributed by atoms with van der Waals surface area (Å²) in [6, 6.07) is 23.2. The third kappa shape index (κ3) is 3.70. The van der Waals surface area contributed by atoms with Crippen LogP contribution in [0.3, 0.4) is 0 Å². The first-order valence-corrected chi connectivity index (χ1v) is 11.6. The number of nitrogens with zero attached hydrogens (tertiary/aromatic N) is 3. The lowest BCUT2D eigenvalue weighted by molar-refractivity contribution is -0.147. The van der Waals surface area contributed by atoms with E-state index in [1.165, 1.54) is 22.3 Å². The van der Waals surface area contributed by atoms with E-state index in [-0.39, 0.29) is 5.92 Å². The van der Waals surface area contributed by atoms with Crippen molar-refractivity contribution in [2.75, 3.05) is 0 Å². The molecule has 6 rings (SSSR count). The Balaban J connectivity index is 1.19. The van der Waals surface area contributed by atoms with Crippen LogP contribution in [0.15, 0.2) is 71.3 Å². The smallest absolute Gasteiger partial charge is 0.306 e. The quantitative estimate of drug-likeness (QED) is 0.428. The van der Waals surface area contributed by atoms with Crippen LogP contribution in [0, 0.1) is 12.8 Å². The average Bonchev–Trinajstić information content (AvgIpc) is 3.45. The van der Waals surface area contributed by atoms with Crippen molar-refractivity contribution in [3.05, 3.63) is 83.4 Å². The summed E-state index contributed by atoms with van der Waals surface area (Å²) < 4.78 is 5.62. The van der Waals surface area contributed by atoms with E-state index in [2.05, 4.69) is 58.4 Å². The van der Waals surface area contributed by atoms with E-state index in [9.17, 15) is 4.79 Å². The van der Waals surface area contributed by atoms with Gasteiger partial charge in [0.25, 0.3) is 5.89 Å². The number of carboxylic acids is 1. The minimum Gasteiger partial charge on any atom is -0.481 e. The van der Waals surface area contributed by atoms with Gasteiger partial charge in [0.2, 0.25) is 5.82 Å². The lowest BCUT2D eigenvalue weighted by Crippen LogP contribution is -2.44. The van der Waals surface area contributed by atoms with Gasteiger partial charge in [0.15, 0.2) is 0 Å². The molecule has 6 nitrogen and oxygen atoms in total. The highest BCUT2D eigenvalue weighted by molar-refractivity contribution is 5.72. The van der Waals surface area contributed by atoms with Gasteiger partial charge in [0.1, 0.15) is 0 Å². The summed E-state index contributed by atoms with van der Waals surface area (Å²) in [6.07, 6.45) is 1.49. The second-order valence-corrected chi connectivity index (χ2v) is 9.37. The molecule has 1 saturated carbocycles. The predicted octanol–water partition coefficient (Wildman–Crippen LogP) is 5.56. The molecule has 1 N–H and O–H groups in total. The first kappa shape index (κ1) is 20.8. The van der Waals surface area contributed by atoms with Gasteiger partial charge in [0.05, 0.1) is 5.92 Å². The largest absolute Gasteiger partial charge is 0.481 e. The molecule has 0 atom stereocenters. The van der Waals surface area contributed by atoms with Gasteiger partial charge in [-0.1, -0.05) is 53.7 Å². The fraction of sp³-hybridized carbons (Fsp3) is 0.250. The highest BCUT2D eigenvalue weighted by Crippen LogP contribution is 2.38. The van der Waals surface area contributed by atoms with Crippen molar-refractivity contribution in [2.24, 2.45) is 5.92 Å². The van der Waals surface area contributed by atoms with Gasteiger partial charge in [-0.25, -0.2) is 0 Å². The summed E-state index contributed by atoms with van der Waals surface area (Å²) in [5, 5.41) is 13.4. The number of carbonyl (C=O) groups is 1. The molecule has 0 radical (unpaired) electrons. The molecule has 34 heavy (non-hydrogen) atoms. The fourth-order valence-electron chi connectivity index (χ4n) is 5.10. The maximum absolute atomic E-state index is 11.1. The maximum atomic E-state index is 11.1. The summed E-state index contributed by atoms with van der Waals surface area (Å²) in [6.45, 7) is 3.80. The SMILES string of the molecule is Cc1cc(-c2nc(-c3ccc4c(c3)CN(C3CC(C(=O)O)C3)C4)no2)ccc1-c1ccccc1. The van der Waals surface area contributed by atoms with Crippen LogP contribution in [-0.4, -0.2) is 32.2 Å². The second kappa shape index (κ2) is 8.22. The normalized spacial score (nSPS) is 19.6. The third-order valence-electron chi connectivity index (χ3n) is 7.17. The Morgan fingerprint density at radius 1 is 0.941 bits per heavy atom. The molecule has 2 aliphatic rings. The molecule has 1 fully saturated rings. The number of aryl methyl sites for hydroxylation is 1. The zero-order valence-corrected chi connectivity index (χ0v) is 18.9. The van der Waals surface area contributed by atoms with Crippen molar-refractivity contribution in [1.29, 1.82) is 0 Å². The van der Waals surface area contributed by atoms with Gasteiger partial charge in [-0.2, -0.15) is 4.98 Å². The summed E-state index contributed by atoms with van der Waals surface area (Å²) in [4.78, 5) is 18.2. The van der Waals surface area contributed by atoms with Crippen molar-refractivity contribution < 1.29 is 14.4 Å². The zero-order chi connectivity index (χ0) is 23.2. The van der Waals surface area contributed by atoms with Crippen molar-refractivity contribution >= 4 is 5.97 Å². The summed E-state index contributed by atoms with van der Waals surface area (Å²) >= 11 is 0. The second-order valence-electron chi connectivity index (χ2n) is 9.37. The van der Waals surface area contributed by atoms with Crippen molar-refractivity contribution in [2.45, 2.75) is 38.9 Å². The fourth-order valence-corrected chi connectivity index (χ4v) is 5.10. The van der Waals surface area contributed by atoms with Crippen LogP contribution in [0.2, 0.25) is 0 Å². The van der Waals surface area contributed by atoms with E-state index >= 15 is 0 Å². The molecule has 0 amide bonds. The maximum Gasteiger partial charge on any atom is 0.306 e. The first-order chi connectivity index (χ1) is 16.5. The van der Waals surface area contributed by atoms with Crippen LogP contribution >= 0.6 is 0 Å². The zero-order valence-electron chi connectivity index (χ0n) is 18.9. The van der Waals surface area contributed by atoms with E-state index in [4.69, 9.17) is 9.63 Å². The van der Waals surface area contributed by atoms with Crippen LogP contribution < -0.4 is 0 Å². The number of aromatic nitrogens is 2. The van der Waals surface area contributed by atoms with E-state index in [0.717, 1.165) is 42.6 Å². The standard InChI is InChI=1S/C28H25N3O3/c1-17-11-20(9-10-25(17)18-5-3-2-4-6-18)27-29-26(30-34-27)19-7-8-21-15-31(16-23(21)12-19)24-13-22(14-24)28(32)33/h2-12,22,24H,13-16H2,1H3,(H,32,33). The predicted molar refractivity (Wildman–Crippen MR) is 129 cm³/mol. The van der Waals surface area contributed by atoms with E-state index < -0.39 is 5.97 Å². The Morgan fingerprint density at radius 3 is 2.47 bits per heavy atom. The van der Waals surface area contributed by atoms with Gasteiger partial charge >= 0.3 is 5.97 Å². The Hall–Kier alpha value is -3.77. The number of hydrogen-bond donors (Lipinski definition) is 1. The minimum atomic E-state index is -0.673. The number of hydrogen-bond acceptors (Lipinski definition) is 5. The van der Waals surface area contributed by atoms with Crippen LogP contribution in [0.4, 0.5) is 0 Å². The minimum absolute atomic E-state index is 0.188. The molecule has 0 bridgehead atoms. The molecule has 1 aromatic heterocycles. The Bertz CT molecular complexity index is 1370. The number of fused-ring (bicyclic) bond motifs is 1. The molecule has 0 unspecified atom stereocenters. The third-order valence-corrected chi connectivity index (χ3v) is 7.17. The Kier molecular flexibility index (Phi) is 5.03. The van der Waals surface area contributed by atoms with Gasteiger partial charge in [-0.05, 0) is 65.8 Å². The number of rotatable bonds is 5. The average molecular weight is 452 g/mol. The number of carboxylic acid groups (broad SMARTS) is 1. The summed E-state index contributed by atoms with van der Waals surface area (Å²) in [5.74, 6) is 0.227. The summed E-state index contributed by atoms with van der Waals surface area (Å²) in [7, 11) is 0. The molecule has 2 heterocycles. The summed E-state index contributed by atoms with van der Waals surface area (Å²) in [5.41, 5.74) is 7.91. The van der Waals surface area contributed by atoms with E-state index in [1.807, 2.05) is 30.3 Å². The molecule has 0 spiro atoms. The van der Waals surface area contributed by atoms with Gasteiger partial charge in [-0.3, -0.25) is 9.69 Å². The van der Waals surface area contributed by atoms with Crippen LogP contribution in [0.5, 0.6) is 0 Å². The molecule has 4 aromatic rings. The number of aliphatic carboxylic acids is 1. The van der Waals surface area contributed by atoms with Gasteiger partial charge in [0, 0.05) is 30.3 Å². The Morgan fingerprint density at radius 2 is 1.71 bits per heavy atom. The molecular formula is C28H25N3O3. The monoisotopic (exact) mass is 451 g/mol. The lowest BCUT2D eigenvalue weighted by Gasteiger charge is -2.39. The van der Waals surface area contributed by atoms with Crippen molar-refractivity contribution in [1.82, 2.24) is 15.0 Å². The van der Waals surface area contributed by atoms with Crippen LogP contribution in [-0.2, 0) is 17.9 Å². The van der Waals surface area contributed by atoms with Crippen molar-refractivity contribution in [3.63, 3.8) is 0 Å². The topological polar surface area (TPSA) is 79.5 Å². The van der Waals surface area contributed by atoms with Crippen molar-refractivity contribution in [3.8, 4) is 34.0 Å². The first-order valence-electron chi connectivity index (χ1n) is 11.6. The van der Waals surface area contributed by atoms with Gasteiger partial charge in [-0.15, -0.1) is 0 Å². The highest BCUT2D eigenvalue weighted by Gasteiger charge is 2.39. The molecule has 1 aliphatic carbocycles. The van der Waals surface area contributed by atoms with Crippen LogP contribution in [0.25, 0.3) is 34.0 Å².